The molecule has 0 spiro atoms. The first-order valence-corrected chi connectivity index (χ1v) is 6.34. The minimum atomic E-state index is -0.515. The molecule has 96 valence electrons. The van der Waals surface area contributed by atoms with Crippen LogP contribution in [0.2, 0.25) is 0 Å². The van der Waals surface area contributed by atoms with Crippen LogP contribution >= 0.6 is 15.9 Å². The van der Waals surface area contributed by atoms with E-state index in [0.29, 0.717) is 11.4 Å². The highest BCUT2D eigenvalue weighted by Gasteiger charge is 2.28. The molecule has 0 radical (unpaired) electrons. The summed E-state index contributed by atoms with van der Waals surface area (Å²) in [7, 11) is 0. The summed E-state index contributed by atoms with van der Waals surface area (Å²) in [6.07, 6.45) is -0.739. The standard InChI is InChI=1S/C12H13BrN2O3/c1-7(2)18-12(17)15-6-11(16)14-9-4-3-8(13)5-10(9)15/h3-5,7H,6H2,1-2H3,(H,14,16). The minimum absolute atomic E-state index is 0.0327. The molecule has 6 heteroatoms. The lowest BCUT2D eigenvalue weighted by Gasteiger charge is -2.29. The number of nitrogens with one attached hydrogen (secondary N) is 1. The van der Waals surface area contributed by atoms with Gasteiger partial charge in [-0.25, -0.2) is 4.79 Å². The van der Waals surface area contributed by atoms with Crippen LogP contribution < -0.4 is 10.2 Å². The van der Waals surface area contributed by atoms with Gasteiger partial charge in [0.25, 0.3) is 0 Å². The highest BCUT2D eigenvalue weighted by atomic mass is 79.9. The topological polar surface area (TPSA) is 58.6 Å². The number of nitrogens with zero attached hydrogens (tertiary/aromatic N) is 1. The summed E-state index contributed by atoms with van der Waals surface area (Å²) in [5.41, 5.74) is 1.24. The third kappa shape index (κ3) is 2.64. The summed E-state index contributed by atoms with van der Waals surface area (Å²) in [6, 6.07) is 5.32. The second kappa shape index (κ2) is 4.97. The number of anilines is 2. The Balaban J connectivity index is 2.35. The van der Waals surface area contributed by atoms with Crippen molar-refractivity contribution in [1.29, 1.82) is 0 Å². The second-order valence-electron chi connectivity index (χ2n) is 4.23. The fraction of sp³-hybridized carbons (Fsp3) is 0.333. The van der Waals surface area contributed by atoms with Crippen LogP contribution in [0.3, 0.4) is 0 Å². The SMILES string of the molecule is CC(C)OC(=O)N1CC(=O)Nc2ccc(Br)cc21. The van der Waals surface area contributed by atoms with Gasteiger partial charge in [0.2, 0.25) is 5.91 Å². The lowest BCUT2D eigenvalue weighted by atomic mass is 10.2. The molecule has 0 saturated carbocycles. The van der Waals surface area contributed by atoms with E-state index in [0.717, 1.165) is 4.47 Å². The van der Waals surface area contributed by atoms with E-state index in [2.05, 4.69) is 21.2 Å². The van der Waals surface area contributed by atoms with Gasteiger partial charge in [0.15, 0.2) is 0 Å². The van der Waals surface area contributed by atoms with Crippen LogP contribution in [-0.2, 0) is 9.53 Å². The first-order chi connectivity index (χ1) is 8.47. The van der Waals surface area contributed by atoms with Crippen molar-refractivity contribution in [3.05, 3.63) is 22.7 Å². The summed E-state index contributed by atoms with van der Waals surface area (Å²) in [4.78, 5) is 24.8. The maximum Gasteiger partial charge on any atom is 0.415 e. The monoisotopic (exact) mass is 312 g/mol. The molecule has 0 aliphatic carbocycles. The number of carbonyl (C=O) groups is 2. The highest BCUT2D eigenvalue weighted by Crippen LogP contribution is 2.32. The van der Waals surface area contributed by atoms with Gasteiger partial charge in [-0.1, -0.05) is 15.9 Å². The first-order valence-electron chi connectivity index (χ1n) is 5.55. The second-order valence-corrected chi connectivity index (χ2v) is 5.14. The number of rotatable bonds is 1. The maximum atomic E-state index is 11.9. The third-order valence-corrected chi connectivity index (χ3v) is 2.88. The molecule has 0 atom stereocenters. The molecule has 1 N–H and O–H groups in total. The predicted octanol–water partition coefficient (Wildman–Crippen LogP) is 2.75. The van der Waals surface area contributed by atoms with E-state index in [-0.39, 0.29) is 18.6 Å². The summed E-state index contributed by atoms with van der Waals surface area (Å²) in [5.74, 6) is -0.231. The lowest BCUT2D eigenvalue weighted by Crippen LogP contribution is -2.43. The van der Waals surface area contributed by atoms with E-state index >= 15 is 0 Å². The van der Waals surface area contributed by atoms with Gasteiger partial charge in [0, 0.05) is 4.47 Å². The van der Waals surface area contributed by atoms with Gasteiger partial charge in [-0.2, -0.15) is 0 Å². The molecule has 2 rings (SSSR count). The van der Waals surface area contributed by atoms with Crippen LogP contribution in [0.4, 0.5) is 16.2 Å². The van der Waals surface area contributed by atoms with Crippen LogP contribution in [0.1, 0.15) is 13.8 Å². The van der Waals surface area contributed by atoms with E-state index in [1.807, 2.05) is 0 Å². The zero-order valence-electron chi connectivity index (χ0n) is 10.1. The van der Waals surface area contributed by atoms with Gasteiger partial charge in [-0.05, 0) is 32.0 Å². The van der Waals surface area contributed by atoms with Crippen molar-refractivity contribution >= 4 is 39.3 Å². The minimum Gasteiger partial charge on any atom is -0.446 e. The third-order valence-electron chi connectivity index (χ3n) is 2.38. The Labute approximate surface area is 113 Å². The number of hydrogen-bond donors (Lipinski definition) is 1. The zero-order valence-corrected chi connectivity index (χ0v) is 11.7. The Morgan fingerprint density at radius 3 is 2.89 bits per heavy atom. The molecule has 0 fully saturated rings. The van der Waals surface area contributed by atoms with Gasteiger partial charge < -0.3 is 10.1 Å². The number of halogens is 1. The molecule has 2 amide bonds. The molecule has 1 aromatic carbocycles. The zero-order chi connectivity index (χ0) is 13.3. The Kier molecular flexibility index (Phi) is 3.56. The predicted molar refractivity (Wildman–Crippen MR) is 71.7 cm³/mol. The smallest absolute Gasteiger partial charge is 0.415 e. The molecule has 0 aromatic heterocycles. The number of benzene rings is 1. The molecule has 18 heavy (non-hydrogen) atoms. The summed E-state index contributed by atoms with van der Waals surface area (Å²) < 4.78 is 5.96. The molecule has 1 heterocycles. The number of ether oxygens (including phenoxy) is 1. The van der Waals surface area contributed by atoms with Crippen molar-refractivity contribution in [3.8, 4) is 0 Å². The van der Waals surface area contributed by atoms with Crippen molar-refractivity contribution in [2.24, 2.45) is 0 Å². The van der Waals surface area contributed by atoms with Gasteiger partial charge >= 0.3 is 6.09 Å². The van der Waals surface area contributed by atoms with E-state index in [9.17, 15) is 9.59 Å². The van der Waals surface area contributed by atoms with Crippen LogP contribution in [-0.4, -0.2) is 24.6 Å². The fourth-order valence-electron chi connectivity index (χ4n) is 1.68. The summed E-state index contributed by atoms with van der Waals surface area (Å²) >= 11 is 3.34. The van der Waals surface area contributed by atoms with Crippen LogP contribution in [0, 0.1) is 0 Å². The largest absolute Gasteiger partial charge is 0.446 e. The van der Waals surface area contributed by atoms with Crippen LogP contribution in [0.5, 0.6) is 0 Å². The molecule has 1 aliphatic rings. The van der Waals surface area contributed by atoms with Crippen molar-refractivity contribution in [2.45, 2.75) is 20.0 Å². The molecule has 0 saturated heterocycles. The van der Waals surface area contributed by atoms with E-state index < -0.39 is 6.09 Å². The van der Waals surface area contributed by atoms with Gasteiger partial charge in [-0.15, -0.1) is 0 Å². The summed E-state index contributed by atoms with van der Waals surface area (Å²) in [5, 5.41) is 2.72. The van der Waals surface area contributed by atoms with E-state index in [1.54, 1.807) is 32.0 Å². The molecule has 1 aromatic rings. The summed E-state index contributed by atoms with van der Waals surface area (Å²) in [6.45, 7) is 3.50. The number of amides is 2. The number of carbonyl (C=O) groups excluding carboxylic acids is 2. The van der Waals surface area contributed by atoms with Gasteiger partial charge in [-0.3, -0.25) is 9.69 Å². The van der Waals surface area contributed by atoms with Crippen molar-refractivity contribution in [2.75, 3.05) is 16.8 Å². The molecule has 0 unspecified atom stereocenters. The molecule has 5 nitrogen and oxygen atoms in total. The quantitative estimate of drug-likeness (QED) is 0.867. The van der Waals surface area contributed by atoms with Crippen molar-refractivity contribution < 1.29 is 14.3 Å². The van der Waals surface area contributed by atoms with E-state index in [1.165, 1.54) is 4.90 Å². The highest BCUT2D eigenvalue weighted by molar-refractivity contribution is 9.10. The first kappa shape index (κ1) is 12.9. The van der Waals surface area contributed by atoms with Crippen LogP contribution in [0.15, 0.2) is 22.7 Å². The molecule has 0 bridgehead atoms. The fourth-order valence-corrected chi connectivity index (χ4v) is 2.03. The number of fused-ring (bicyclic) bond motifs is 1. The van der Waals surface area contributed by atoms with Crippen LogP contribution in [0.25, 0.3) is 0 Å². The van der Waals surface area contributed by atoms with E-state index in [4.69, 9.17) is 4.74 Å². The van der Waals surface area contributed by atoms with Gasteiger partial charge in [0.1, 0.15) is 6.54 Å². The lowest BCUT2D eigenvalue weighted by molar-refractivity contribution is -0.115. The Morgan fingerprint density at radius 2 is 2.22 bits per heavy atom. The molecular formula is C12H13BrN2O3. The molecular weight excluding hydrogens is 300 g/mol. The Hall–Kier alpha value is -1.56. The normalized spacial score (nSPS) is 14.2. The van der Waals surface area contributed by atoms with Crippen molar-refractivity contribution in [1.82, 2.24) is 0 Å². The maximum absolute atomic E-state index is 11.9. The number of hydrogen-bond acceptors (Lipinski definition) is 3. The van der Waals surface area contributed by atoms with Crippen molar-refractivity contribution in [3.63, 3.8) is 0 Å². The average Bonchev–Trinajstić information content (AvgIpc) is 2.27. The Morgan fingerprint density at radius 1 is 1.50 bits per heavy atom. The Bertz CT molecular complexity index is 502. The average molecular weight is 313 g/mol. The van der Waals surface area contributed by atoms with Gasteiger partial charge in [0.05, 0.1) is 17.5 Å². The molecule has 1 aliphatic heterocycles.